The number of furan rings is 1. The highest BCUT2D eigenvalue weighted by atomic mass is 32.2. The number of ether oxygens (including phenoxy) is 1. The Hall–Kier alpha value is -1.08. The lowest BCUT2D eigenvalue weighted by atomic mass is 9.93. The minimum Gasteiger partial charge on any atom is -0.469 e. The van der Waals surface area contributed by atoms with Gasteiger partial charge in [-0.15, -0.1) is 23.5 Å². The van der Waals surface area contributed by atoms with E-state index in [0.717, 1.165) is 30.6 Å². The summed E-state index contributed by atoms with van der Waals surface area (Å²) >= 11 is 4.03. The zero-order valence-electron chi connectivity index (χ0n) is 15.3. The Kier molecular flexibility index (Phi) is 5.03. The third kappa shape index (κ3) is 2.97. The first-order valence-electron chi connectivity index (χ1n) is 9.33. The van der Waals surface area contributed by atoms with Gasteiger partial charge in [0.05, 0.1) is 17.1 Å². The average Bonchev–Trinajstić information content (AvgIpc) is 3.26. The second-order valence-electron chi connectivity index (χ2n) is 7.25. The van der Waals surface area contributed by atoms with Crippen LogP contribution in [0.15, 0.2) is 4.42 Å². The van der Waals surface area contributed by atoms with Gasteiger partial charge in [0.15, 0.2) is 5.76 Å². The number of methoxy groups -OCH3 is 1. The Morgan fingerprint density at radius 3 is 2.58 bits per heavy atom. The summed E-state index contributed by atoms with van der Waals surface area (Å²) < 4.78 is 11.1. The fraction of sp³-hybridized carbons (Fsp3) is 0.684. The van der Waals surface area contributed by atoms with Gasteiger partial charge < -0.3 is 14.1 Å². The Morgan fingerprint density at radius 1 is 1.23 bits per heavy atom. The maximum Gasteiger partial charge on any atom is 0.308 e. The second-order valence-corrected chi connectivity index (χ2v) is 10.3. The minimum absolute atomic E-state index is 0.0247. The van der Waals surface area contributed by atoms with Crippen molar-refractivity contribution in [2.45, 2.75) is 43.1 Å². The lowest BCUT2D eigenvalue weighted by Gasteiger charge is -2.32. The number of esters is 1. The number of rotatable bonds is 2. The summed E-state index contributed by atoms with van der Waals surface area (Å²) in [5.74, 6) is 3.58. The van der Waals surface area contributed by atoms with Gasteiger partial charge in [-0.05, 0) is 32.6 Å². The molecule has 0 bridgehead atoms. The smallest absolute Gasteiger partial charge is 0.308 e. The summed E-state index contributed by atoms with van der Waals surface area (Å²) in [5, 5.41) is 0. The van der Waals surface area contributed by atoms with Crippen molar-refractivity contribution in [1.29, 1.82) is 0 Å². The molecule has 26 heavy (non-hydrogen) atoms. The SMILES string of the molecule is COC(=O)C1CCN(C(=O)c2oc3c(c2C)C2(CCC3)SCCS2)CC1. The zero-order chi connectivity index (χ0) is 18.3. The molecule has 4 rings (SSSR count). The molecule has 0 aromatic carbocycles. The van der Waals surface area contributed by atoms with Gasteiger partial charge in [-0.2, -0.15) is 0 Å². The van der Waals surface area contributed by atoms with E-state index in [-0.39, 0.29) is 21.9 Å². The van der Waals surface area contributed by atoms with Gasteiger partial charge >= 0.3 is 5.97 Å². The van der Waals surface area contributed by atoms with Gasteiger partial charge in [0.1, 0.15) is 5.76 Å². The van der Waals surface area contributed by atoms with Crippen LogP contribution in [-0.4, -0.2) is 48.5 Å². The van der Waals surface area contributed by atoms with Gasteiger partial charge in [0, 0.05) is 42.1 Å². The van der Waals surface area contributed by atoms with Crippen LogP contribution in [0, 0.1) is 12.8 Å². The van der Waals surface area contributed by atoms with Gasteiger partial charge in [0.2, 0.25) is 0 Å². The van der Waals surface area contributed by atoms with Crippen LogP contribution in [0.2, 0.25) is 0 Å². The average molecular weight is 396 g/mol. The monoisotopic (exact) mass is 395 g/mol. The molecule has 0 atom stereocenters. The third-order valence-electron chi connectivity index (χ3n) is 5.78. The van der Waals surface area contributed by atoms with Crippen molar-refractivity contribution in [2.24, 2.45) is 5.92 Å². The predicted octanol–water partition coefficient (Wildman–Crippen LogP) is 3.58. The quantitative estimate of drug-likeness (QED) is 0.714. The van der Waals surface area contributed by atoms with Crippen molar-refractivity contribution < 1.29 is 18.7 Å². The number of likely N-dealkylation sites (tertiary alicyclic amines) is 1. The maximum absolute atomic E-state index is 13.1. The normalized spacial score (nSPS) is 22.5. The Labute approximate surface area is 162 Å². The first-order chi connectivity index (χ1) is 12.6. The number of aryl methyl sites for hydroxylation is 1. The molecule has 0 unspecified atom stereocenters. The van der Waals surface area contributed by atoms with E-state index < -0.39 is 0 Å². The van der Waals surface area contributed by atoms with Crippen LogP contribution in [0.5, 0.6) is 0 Å². The standard InChI is InChI=1S/C19H25NO4S2/c1-12-15-14(4-3-7-19(15)25-10-11-26-19)24-16(12)17(21)20-8-5-13(6-9-20)18(22)23-2/h13H,3-11H2,1-2H3. The number of hydrogen-bond acceptors (Lipinski definition) is 6. The molecule has 3 aliphatic rings. The molecule has 1 aromatic rings. The summed E-state index contributed by atoms with van der Waals surface area (Å²) in [6.45, 7) is 3.21. The van der Waals surface area contributed by atoms with Crippen molar-refractivity contribution in [1.82, 2.24) is 4.90 Å². The van der Waals surface area contributed by atoms with E-state index in [0.29, 0.717) is 31.7 Å². The summed E-state index contributed by atoms with van der Waals surface area (Å²) in [6.07, 6.45) is 4.53. The highest BCUT2D eigenvalue weighted by Gasteiger charge is 2.45. The largest absolute Gasteiger partial charge is 0.469 e. The van der Waals surface area contributed by atoms with Gasteiger partial charge in [-0.25, -0.2) is 0 Å². The summed E-state index contributed by atoms with van der Waals surface area (Å²) in [6, 6.07) is 0. The highest BCUT2D eigenvalue weighted by Crippen LogP contribution is 2.59. The molecule has 1 amide bonds. The lowest BCUT2D eigenvalue weighted by molar-refractivity contribution is -0.146. The summed E-state index contributed by atoms with van der Waals surface area (Å²) in [4.78, 5) is 26.6. The molecule has 0 N–H and O–H groups in total. The number of hydrogen-bond donors (Lipinski definition) is 0. The predicted molar refractivity (Wildman–Crippen MR) is 104 cm³/mol. The Morgan fingerprint density at radius 2 is 1.92 bits per heavy atom. The molecule has 5 nitrogen and oxygen atoms in total. The molecule has 0 saturated carbocycles. The van der Waals surface area contributed by atoms with Crippen molar-refractivity contribution in [3.63, 3.8) is 0 Å². The van der Waals surface area contributed by atoms with Gasteiger partial charge in [0.25, 0.3) is 5.91 Å². The van der Waals surface area contributed by atoms with E-state index in [9.17, 15) is 9.59 Å². The first-order valence-corrected chi connectivity index (χ1v) is 11.3. The molecule has 2 saturated heterocycles. The fourth-order valence-electron chi connectivity index (χ4n) is 4.43. The molecular formula is C19H25NO4S2. The molecular weight excluding hydrogens is 370 g/mol. The number of fused-ring (bicyclic) bond motifs is 2. The van der Waals surface area contributed by atoms with Crippen LogP contribution in [0.1, 0.15) is 53.1 Å². The lowest BCUT2D eigenvalue weighted by Crippen LogP contribution is -2.40. The molecule has 2 fully saturated rings. The Bertz CT molecular complexity index is 715. The molecule has 142 valence electrons. The molecule has 2 aliphatic heterocycles. The van der Waals surface area contributed by atoms with Crippen LogP contribution in [0.25, 0.3) is 0 Å². The Balaban J connectivity index is 1.55. The molecule has 1 aliphatic carbocycles. The highest BCUT2D eigenvalue weighted by molar-refractivity contribution is 8.20. The number of nitrogens with zero attached hydrogens (tertiary/aromatic N) is 1. The second kappa shape index (κ2) is 7.15. The van der Waals surface area contributed by atoms with Crippen molar-refractivity contribution in [2.75, 3.05) is 31.7 Å². The number of piperidine rings is 1. The number of amides is 1. The van der Waals surface area contributed by atoms with Crippen LogP contribution < -0.4 is 0 Å². The van der Waals surface area contributed by atoms with Crippen molar-refractivity contribution >= 4 is 35.4 Å². The third-order valence-corrected chi connectivity index (χ3v) is 9.31. The van der Waals surface area contributed by atoms with E-state index in [4.69, 9.17) is 9.15 Å². The number of thioether (sulfide) groups is 2. The zero-order valence-corrected chi connectivity index (χ0v) is 17.0. The summed E-state index contributed by atoms with van der Waals surface area (Å²) in [5.41, 5.74) is 2.31. The van der Waals surface area contributed by atoms with Gasteiger partial charge in [-0.3, -0.25) is 9.59 Å². The topological polar surface area (TPSA) is 59.8 Å². The summed E-state index contributed by atoms with van der Waals surface area (Å²) in [7, 11) is 1.42. The van der Waals surface area contributed by atoms with Gasteiger partial charge in [-0.1, -0.05) is 0 Å². The van der Waals surface area contributed by atoms with Crippen LogP contribution in [0.3, 0.4) is 0 Å². The first kappa shape index (κ1) is 18.3. The fourth-order valence-corrected chi connectivity index (χ4v) is 7.99. The van der Waals surface area contributed by atoms with E-state index in [1.165, 1.54) is 24.2 Å². The van der Waals surface area contributed by atoms with E-state index >= 15 is 0 Å². The van der Waals surface area contributed by atoms with E-state index in [2.05, 4.69) is 0 Å². The number of carbonyl (C=O) groups excluding carboxylic acids is 2. The van der Waals surface area contributed by atoms with Crippen LogP contribution >= 0.6 is 23.5 Å². The number of carbonyl (C=O) groups is 2. The van der Waals surface area contributed by atoms with Crippen molar-refractivity contribution in [3.05, 3.63) is 22.6 Å². The molecule has 7 heteroatoms. The molecule has 1 spiro atoms. The van der Waals surface area contributed by atoms with Crippen LogP contribution in [-0.2, 0) is 20.0 Å². The maximum atomic E-state index is 13.1. The molecule has 0 radical (unpaired) electrons. The molecule has 3 heterocycles. The van der Waals surface area contributed by atoms with Crippen LogP contribution in [0.4, 0.5) is 0 Å². The van der Waals surface area contributed by atoms with Crippen molar-refractivity contribution in [3.8, 4) is 0 Å². The molecule has 1 aromatic heterocycles. The van der Waals surface area contributed by atoms with E-state index in [1.807, 2.05) is 35.3 Å². The van der Waals surface area contributed by atoms with E-state index in [1.54, 1.807) is 0 Å². The minimum atomic E-state index is -0.168.